The molecule has 2 nitrogen and oxygen atoms in total. The molecule has 2 aromatic carbocycles. The highest BCUT2D eigenvalue weighted by Crippen LogP contribution is 2.32. The van der Waals surface area contributed by atoms with Gasteiger partial charge in [-0.2, -0.15) is 0 Å². The summed E-state index contributed by atoms with van der Waals surface area (Å²) in [5.41, 5.74) is 2.27. The average Bonchev–Trinajstić information content (AvgIpc) is 2.38. The van der Waals surface area contributed by atoms with Crippen molar-refractivity contribution in [1.29, 1.82) is 0 Å². The van der Waals surface area contributed by atoms with Crippen LogP contribution in [0.25, 0.3) is 0 Å². The van der Waals surface area contributed by atoms with Gasteiger partial charge >= 0.3 is 0 Å². The van der Waals surface area contributed by atoms with Gasteiger partial charge in [0, 0.05) is 15.5 Å². The van der Waals surface area contributed by atoms with Gasteiger partial charge in [-0.3, -0.25) is 0 Å². The molecular formula is C15H15Br2NO. The summed E-state index contributed by atoms with van der Waals surface area (Å²) >= 11 is 7.12. The summed E-state index contributed by atoms with van der Waals surface area (Å²) < 4.78 is 7.75. The number of anilines is 1. The van der Waals surface area contributed by atoms with Crippen LogP contribution in [0.4, 0.5) is 5.69 Å². The van der Waals surface area contributed by atoms with Crippen molar-refractivity contribution in [3.63, 3.8) is 0 Å². The van der Waals surface area contributed by atoms with E-state index in [1.54, 1.807) is 0 Å². The molecule has 19 heavy (non-hydrogen) atoms. The number of aryl methyl sites for hydroxylation is 1. The Morgan fingerprint density at radius 2 is 1.68 bits per heavy atom. The van der Waals surface area contributed by atoms with Gasteiger partial charge in [0.1, 0.15) is 12.4 Å². The lowest BCUT2D eigenvalue weighted by atomic mass is 10.2. The molecule has 0 unspecified atom stereocenters. The van der Waals surface area contributed by atoms with Crippen LogP contribution in [0.5, 0.6) is 5.75 Å². The number of hydrogen-bond acceptors (Lipinski definition) is 2. The summed E-state index contributed by atoms with van der Waals surface area (Å²) in [6, 6.07) is 14.0. The fraction of sp³-hybridized carbons (Fsp3) is 0.200. The third-order valence-electron chi connectivity index (χ3n) is 2.60. The van der Waals surface area contributed by atoms with Gasteiger partial charge in [0.15, 0.2) is 0 Å². The minimum Gasteiger partial charge on any atom is -0.492 e. The van der Waals surface area contributed by atoms with Crippen molar-refractivity contribution in [3.05, 3.63) is 57.0 Å². The van der Waals surface area contributed by atoms with Gasteiger partial charge in [-0.1, -0.05) is 18.2 Å². The Morgan fingerprint density at radius 1 is 1.05 bits per heavy atom. The summed E-state index contributed by atoms with van der Waals surface area (Å²) in [5, 5.41) is 3.36. The van der Waals surface area contributed by atoms with Crippen molar-refractivity contribution in [2.75, 3.05) is 18.5 Å². The first kappa shape index (κ1) is 14.4. The molecule has 0 amide bonds. The van der Waals surface area contributed by atoms with E-state index in [2.05, 4.69) is 56.2 Å². The lowest BCUT2D eigenvalue weighted by Crippen LogP contribution is -2.12. The van der Waals surface area contributed by atoms with Crippen LogP contribution >= 0.6 is 31.9 Å². The zero-order chi connectivity index (χ0) is 13.7. The van der Waals surface area contributed by atoms with Crippen LogP contribution in [0.2, 0.25) is 0 Å². The lowest BCUT2D eigenvalue weighted by Gasteiger charge is -2.12. The highest BCUT2D eigenvalue weighted by Gasteiger charge is 2.05. The number of nitrogens with one attached hydrogen (secondary N) is 1. The molecule has 0 saturated carbocycles. The van der Waals surface area contributed by atoms with Crippen molar-refractivity contribution < 1.29 is 4.74 Å². The van der Waals surface area contributed by atoms with E-state index in [0.29, 0.717) is 6.61 Å². The molecular weight excluding hydrogens is 370 g/mol. The fourth-order valence-electron chi connectivity index (χ4n) is 1.73. The molecule has 0 aliphatic rings. The van der Waals surface area contributed by atoms with E-state index in [-0.39, 0.29) is 0 Å². The second-order valence-corrected chi connectivity index (χ2v) is 5.90. The van der Waals surface area contributed by atoms with Gasteiger partial charge < -0.3 is 10.1 Å². The summed E-state index contributed by atoms with van der Waals surface area (Å²) in [4.78, 5) is 0. The molecule has 2 rings (SSSR count). The standard InChI is InChI=1S/C15H15Br2NO/c1-11-9-13(16)15(14(17)10-11)18-7-8-19-12-5-3-2-4-6-12/h2-6,9-10,18H,7-8H2,1H3. The molecule has 0 aliphatic heterocycles. The first-order valence-corrected chi connectivity index (χ1v) is 7.63. The van der Waals surface area contributed by atoms with Crippen LogP contribution in [-0.2, 0) is 0 Å². The Hall–Kier alpha value is -1.00. The van der Waals surface area contributed by atoms with E-state index >= 15 is 0 Å². The van der Waals surface area contributed by atoms with Crippen LogP contribution in [-0.4, -0.2) is 13.2 Å². The van der Waals surface area contributed by atoms with Gasteiger partial charge in [-0.05, 0) is 68.6 Å². The van der Waals surface area contributed by atoms with Crippen molar-refractivity contribution in [3.8, 4) is 5.75 Å². The zero-order valence-electron chi connectivity index (χ0n) is 10.6. The highest BCUT2D eigenvalue weighted by molar-refractivity contribution is 9.11. The summed E-state index contributed by atoms with van der Waals surface area (Å²) in [6.45, 7) is 3.43. The number of rotatable bonds is 5. The number of halogens is 2. The maximum atomic E-state index is 5.64. The van der Waals surface area contributed by atoms with Gasteiger partial charge in [-0.15, -0.1) is 0 Å². The molecule has 0 aromatic heterocycles. The Labute approximate surface area is 130 Å². The largest absolute Gasteiger partial charge is 0.492 e. The normalized spacial score (nSPS) is 10.3. The van der Waals surface area contributed by atoms with E-state index < -0.39 is 0 Å². The smallest absolute Gasteiger partial charge is 0.119 e. The Balaban J connectivity index is 1.86. The molecule has 0 saturated heterocycles. The minimum atomic E-state index is 0.622. The van der Waals surface area contributed by atoms with Crippen LogP contribution in [0.3, 0.4) is 0 Å². The second kappa shape index (κ2) is 6.96. The first-order valence-electron chi connectivity index (χ1n) is 6.04. The van der Waals surface area contributed by atoms with E-state index in [1.165, 1.54) is 5.56 Å². The molecule has 0 fully saturated rings. The maximum absolute atomic E-state index is 5.64. The number of ether oxygens (including phenoxy) is 1. The molecule has 0 aliphatic carbocycles. The van der Waals surface area contributed by atoms with Crippen LogP contribution in [0.15, 0.2) is 51.4 Å². The topological polar surface area (TPSA) is 21.3 Å². The number of hydrogen-bond donors (Lipinski definition) is 1. The molecule has 0 bridgehead atoms. The highest BCUT2D eigenvalue weighted by atomic mass is 79.9. The molecule has 100 valence electrons. The quantitative estimate of drug-likeness (QED) is 0.731. The Morgan fingerprint density at radius 3 is 2.32 bits per heavy atom. The van der Waals surface area contributed by atoms with E-state index in [9.17, 15) is 0 Å². The van der Waals surface area contributed by atoms with Gasteiger partial charge in [-0.25, -0.2) is 0 Å². The minimum absolute atomic E-state index is 0.622. The van der Waals surface area contributed by atoms with Gasteiger partial charge in [0.2, 0.25) is 0 Å². The Bertz CT molecular complexity index is 520. The third-order valence-corrected chi connectivity index (χ3v) is 3.85. The van der Waals surface area contributed by atoms with Gasteiger partial charge in [0.05, 0.1) is 5.69 Å². The second-order valence-electron chi connectivity index (χ2n) is 4.19. The summed E-state index contributed by atoms with van der Waals surface area (Å²) in [7, 11) is 0. The molecule has 0 radical (unpaired) electrons. The molecule has 0 spiro atoms. The van der Waals surface area contributed by atoms with Crippen molar-refractivity contribution >= 4 is 37.5 Å². The number of para-hydroxylation sites is 1. The van der Waals surface area contributed by atoms with E-state index in [0.717, 1.165) is 26.9 Å². The van der Waals surface area contributed by atoms with Crippen LogP contribution in [0.1, 0.15) is 5.56 Å². The average molecular weight is 385 g/mol. The molecule has 4 heteroatoms. The third kappa shape index (κ3) is 4.25. The lowest BCUT2D eigenvalue weighted by molar-refractivity contribution is 0.333. The fourth-order valence-corrected chi connectivity index (χ4v) is 3.43. The van der Waals surface area contributed by atoms with E-state index in [4.69, 9.17) is 4.74 Å². The van der Waals surface area contributed by atoms with E-state index in [1.807, 2.05) is 30.3 Å². The molecule has 0 heterocycles. The predicted octanol–water partition coefficient (Wildman–Crippen LogP) is 5.01. The Kier molecular flexibility index (Phi) is 5.28. The van der Waals surface area contributed by atoms with Crippen molar-refractivity contribution in [2.45, 2.75) is 6.92 Å². The molecule has 2 aromatic rings. The predicted molar refractivity (Wildman–Crippen MR) is 87.0 cm³/mol. The summed E-state index contributed by atoms with van der Waals surface area (Å²) in [6.07, 6.45) is 0. The number of benzene rings is 2. The van der Waals surface area contributed by atoms with Crippen LogP contribution < -0.4 is 10.1 Å². The monoisotopic (exact) mass is 383 g/mol. The van der Waals surface area contributed by atoms with Crippen molar-refractivity contribution in [1.82, 2.24) is 0 Å². The molecule has 1 N–H and O–H groups in total. The van der Waals surface area contributed by atoms with Gasteiger partial charge in [0.25, 0.3) is 0 Å². The van der Waals surface area contributed by atoms with Crippen molar-refractivity contribution in [2.24, 2.45) is 0 Å². The first-order chi connectivity index (χ1) is 9.16. The SMILES string of the molecule is Cc1cc(Br)c(NCCOc2ccccc2)c(Br)c1. The maximum Gasteiger partial charge on any atom is 0.119 e. The zero-order valence-corrected chi connectivity index (χ0v) is 13.8. The van der Waals surface area contributed by atoms with Crippen LogP contribution in [0, 0.1) is 6.92 Å². The summed E-state index contributed by atoms with van der Waals surface area (Å²) in [5.74, 6) is 0.895. The molecule has 0 atom stereocenters.